The van der Waals surface area contributed by atoms with Gasteiger partial charge in [0.2, 0.25) is 0 Å². The molecule has 0 bridgehead atoms. The zero-order valence-electron chi connectivity index (χ0n) is 19.2. The second-order valence-corrected chi connectivity index (χ2v) is 9.04. The van der Waals surface area contributed by atoms with Gasteiger partial charge in [0, 0.05) is 5.69 Å². The van der Waals surface area contributed by atoms with E-state index < -0.39 is 0 Å². The van der Waals surface area contributed by atoms with E-state index in [4.69, 9.17) is 4.99 Å². The van der Waals surface area contributed by atoms with E-state index in [9.17, 15) is 0 Å². The lowest BCUT2D eigenvalue weighted by molar-refractivity contribution is 0.834. The summed E-state index contributed by atoms with van der Waals surface area (Å²) in [4.78, 5) is 5.10. The normalized spacial score (nSPS) is 12.5. The summed E-state index contributed by atoms with van der Waals surface area (Å²) < 4.78 is 0. The number of amidine groups is 1. The fraction of sp³-hybridized carbons (Fsp3) is 0.500. The van der Waals surface area contributed by atoms with E-state index in [1.165, 1.54) is 27.9 Å². The molecule has 0 aliphatic rings. The molecule has 0 aromatic heterocycles. The molecular weight excluding hydrogens is 340 g/mol. The first-order chi connectivity index (χ1) is 13.1. The molecule has 2 heteroatoms. The van der Waals surface area contributed by atoms with Gasteiger partial charge in [-0.25, -0.2) is 4.99 Å². The van der Waals surface area contributed by atoms with Gasteiger partial charge in [0.25, 0.3) is 0 Å². The highest BCUT2D eigenvalue weighted by molar-refractivity contribution is 5.97. The molecule has 0 saturated heterocycles. The van der Waals surface area contributed by atoms with E-state index in [2.05, 4.69) is 104 Å². The van der Waals surface area contributed by atoms with Gasteiger partial charge in [-0.2, -0.15) is 0 Å². The Balaban J connectivity index is 2.55. The Morgan fingerprint density at radius 2 is 1.00 bits per heavy atom. The lowest BCUT2D eigenvalue weighted by Gasteiger charge is -2.22. The number of hydrogen-bond acceptors (Lipinski definition) is 1. The van der Waals surface area contributed by atoms with E-state index in [1.54, 1.807) is 0 Å². The van der Waals surface area contributed by atoms with Crippen molar-refractivity contribution in [2.45, 2.75) is 86.0 Å². The first-order valence-corrected chi connectivity index (χ1v) is 10.7. The summed E-state index contributed by atoms with van der Waals surface area (Å²) in [5.74, 6) is 2.76. The van der Waals surface area contributed by atoms with Crippen molar-refractivity contribution in [3.63, 3.8) is 0 Å². The fourth-order valence-electron chi connectivity index (χ4n) is 3.71. The molecule has 2 rings (SSSR count). The molecule has 1 N–H and O–H groups in total. The van der Waals surface area contributed by atoms with Gasteiger partial charge in [0.15, 0.2) is 0 Å². The van der Waals surface area contributed by atoms with Gasteiger partial charge >= 0.3 is 0 Å². The molecule has 0 saturated carbocycles. The smallest absolute Gasteiger partial charge is 0.103 e. The van der Waals surface area contributed by atoms with Gasteiger partial charge in [-0.05, 0) is 52.8 Å². The van der Waals surface area contributed by atoms with Gasteiger partial charge in [-0.3, -0.25) is 0 Å². The number of aliphatic imine (C=N–C) groups is 1. The van der Waals surface area contributed by atoms with Crippen LogP contribution in [0, 0.1) is 0 Å². The second-order valence-electron chi connectivity index (χ2n) is 9.04. The fourth-order valence-corrected chi connectivity index (χ4v) is 3.71. The van der Waals surface area contributed by atoms with Crippen LogP contribution in [0.15, 0.2) is 41.4 Å². The van der Waals surface area contributed by atoms with Crippen LogP contribution in [0.2, 0.25) is 0 Å². The van der Waals surface area contributed by atoms with E-state index >= 15 is 0 Å². The van der Waals surface area contributed by atoms with Crippen molar-refractivity contribution in [3.8, 4) is 0 Å². The Labute approximate surface area is 172 Å². The lowest BCUT2D eigenvalue weighted by atomic mass is 9.92. The van der Waals surface area contributed by atoms with Crippen LogP contribution < -0.4 is 5.32 Å². The summed E-state index contributed by atoms with van der Waals surface area (Å²) in [5, 5.41) is 3.67. The number of nitrogens with one attached hydrogen (secondary N) is 1. The molecule has 0 aliphatic heterocycles. The standard InChI is InChI=1S/C26H38N2/c1-16(2)21-12-10-13-22(17(3)4)25(21)27-20(9)28-26-23(18(5)6)14-11-15-24(26)19(7)8/h10-19H,1-9H3,(H,27,28). The number of para-hydroxylation sites is 2. The molecule has 0 amide bonds. The van der Waals surface area contributed by atoms with Crippen molar-refractivity contribution >= 4 is 17.2 Å². The largest absolute Gasteiger partial charge is 0.344 e. The first kappa shape index (κ1) is 22.2. The van der Waals surface area contributed by atoms with Crippen LogP contribution in [0.4, 0.5) is 11.4 Å². The Kier molecular flexibility index (Phi) is 7.46. The predicted octanol–water partition coefficient (Wildman–Crippen LogP) is 8.34. The number of rotatable bonds is 6. The maximum Gasteiger partial charge on any atom is 0.103 e. The Morgan fingerprint density at radius 3 is 1.36 bits per heavy atom. The minimum absolute atomic E-state index is 0.444. The van der Waals surface area contributed by atoms with E-state index in [0.29, 0.717) is 23.7 Å². The van der Waals surface area contributed by atoms with Crippen molar-refractivity contribution < 1.29 is 0 Å². The molecule has 0 unspecified atom stereocenters. The van der Waals surface area contributed by atoms with Crippen LogP contribution in [0.5, 0.6) is 0 Å². The average molecular weight is 379 g/mol. The molecule has 152 valence electrons. The van der Waals surface area contributed by atoms with Crippen molar-refractivity contribution in [1.29, 1.82) is 0 Å². The third kappa shape index (κ3) is 5.04. The zero-order valence-corrected chi connectivity index (χ0v) is 19.2. The molecule has 0 aliphatic carbocycles. The molecule has 2 nitrogen and oxygen atoms in total. The minimum Gasteiger partial charge on any atom is -0.344 e. The van der Waals surface area contributed by atoms with E-state index in [0.717, 1.165) is 11.5 Å². The summed E-state index contributed by atoms with van der Waals surface area (Å²) >= 11 is 0. The monoisotopic (exact) mass is 378 g/mol. The average Bonchev–Trinajstić information content (AvgIpc) is 2.61. The Bertz CT molecular complexity index is 774. The second kappa shape index (κ2) is 9.41. The third-order valence-electron chi connectivity index (χ3n) is 5.30. The zero-order chi connectivity index (χ0) is 21.0. The Morgan fingerprint density at radius 1 is 0.643 bits per heavy atom. The molecule has 0 atom stereocenters. The van der Waals surface area contributed by atoms with Crippen molar-refractivity contribution in [3.05, 3.63) is 58.7 Å². The van der Waals surface area contributed by atoms with Crippen LogP contribution in [-0.2, 0) is 0 Å². The van der Waals surface area contributed by atoms with Crippen LogP contribution in [0.25, 0.3) is 0 Å². The topological polar surface area (TPSA) is 24.4 Å². The number of nitrogens with zero attached hydrogens (tertiary/aromatic N) is 1. The van der Waals surface area contributed by atoms with Crippen LogP contribution in [-0.4, -0.2) is 5.84 Å². The molecular formula is C26H38N2. The van der Waals surface area contributed by atoms with Crippen LogP contribution in [0.1, 0.15) is 108 Å². The van der Waals surface area contributed by atoms with E-state index in [-0.39, 0.29) is 0 Å². The summed E-state index contributed by atoms with van der Waals surface area (Å²) in [6.45, 7) is 20.1. The molecule has 0 fully saturated rings. The van der Waals surface area contributed by atoms with Gasteiger partial charge < -0.3 is 5.32 Å². The summed E-state index contributed by atoms with van der Waals surface area (Å²) in [5.41, 5.74) is 7.68. The summed E-state index contributed by atoms with van der Waals surface area (Å²) in [6, 6.07) is 13.2. The third-order valence-corrected chi connectivity index (χ3v) is 5.30. The van der Waals surface area contributed by atoms with Gasteiger partial charge in [-0.1, -0.05) is 91.8 Å². The number of hydrogen-bond donors (Lipinski definition) is 1. The molecule has 2 aromatic rings. The van der Waals surface area contributed by atoms with Crippen molar-refractivity contribution in [2.24, 2.45) is 4.99 Å². The molecule has 0 spiro atoms. The van der Waals surface area contributed by atoms with Crippen LogP contribution in [0.3, 0.4) is 0 Å². The number of benzene rings is 2. The molecule has 0 heterocycles. The molecule has 2 aromatic carbocycles. The first-order valence-electron chi connectivity index (χ1n) is 10.7. The summed E-state index contributed by atoms with van der Waals surface area (Å²) in [6.07, 6.45) is 0. The predicted molar refractivity (Wildman–Crippen MR) is 126 cm³/mol. The van der Waals surface area contributed by atoms with Gasteiger partial charge in [0.1, 0.15) is 5.84 Å². The van der Waals surface area contributed by atoms with Gasteiger partial charge in [-0.15, -0.1) is 0 Å². The minimum atomic E-state index is 0.444. The lowest BCUT2D eigenvalue weighted by Crippen LogP contribution is -2.13. The molecule has 28 heavy (non-hydrogen) atoms. The van der Waals surface area contributed by atoms with E-state index in [1.807, 2.05) is 0 Å². The number of anilines is 1. The quantitative estimate of drug-likeness (QED) is 0.396. The highest BCUT2D eigenvalue weighted by Crippen LogP contribution is 2.36. The summed E-state index contributed by atoms with van der Waals surface area (Å²) in [7, 11) is 0. The van der Waals surface area contributed by atoms with Crippen molar-refractivity contribution in [1.82, 2.24) is 0 Å². The highest BCUT2D eigenvalue weighted by Gasteiger charge is 2.16. The van der Waals surface area contributed by atoms with Gasteiger partial charge in [0.05, 0.1) is 5.69 Å². The van der Waals surface area contributed by atoms with Crippen molar-refractivity contribution in [2.75, 3.05) is 5.32 Å². The molecule has 0 radical (unpaired) electrons. The maximum atomic E-state index is 5.10. The Hall–Kier alpha value is -2.09. The maximum absolute atomic E-state index is 5.10. The SMILES string of the molecule is CC(=Nc1c(C(C)C)cccc1C(C)C)Nc1c(C(C)C)cccc1C(C)C. The van der Waals surface area contributed by atoms with Crippen LogP contribution >= 0.6 is 0 Å². The highest BCUT2D eigenvalue weighted by atomic mass is 15.0.